The number of ether oxygens (including phenoxy) is 1. The number of unbranched alkanes of at least 4 members (excludes halogenated alkanes) is 40. The zero-order valence-corrected chi connectivity index (χ0v) is 38.6. The molecule has 0 aliphatic carbocycles. The summed E-state index contributed by atoms with van der Waals surface area (Å²) in [5.74, 6) is 0.909. The van der Waals surface area contributed by atoms with Gasteiger partial charge >= 0.3 is 5.97 Å². The molecule has 2 heteroatoms. The van der Waals surface area contributed by atoms with Crippen molar-refractivity contribution >= 4 is 5.97 Å². The van der Waals surface area contributed by atoms with Gasteiger partial charge in [0, 0.05) is 6.42 Å². The topological polar surface area (TPSA) is 26.3 Å². The molecule has 0 aliphatic heterocycles. The van der Waals surface area contributed by atoms with Crippen LogP contribution in [0.5, 0.6) is 0 Å². The summed E-state index contributed by atoms with van der Waals surface area (Å²) >= 11 is 0. The Bertz CT molecular complexity index is 726. The maximum atomic E-state index is 12.0. The number of hydrogen-bond acceptors (Lipinski definition) is 2. The van der Waals surface area contributed by atoms with Crippen LogP contribution in [0.1, 0.15) is 310 Å². The second-order valence-corrected chi connectivity index (χ2v) is 18.3. The Morgan fingerprint density at radius 1 is 0.364 bits per heavy atom. The Labute approximate surface area is 348 Å². The molecule has 0 heterocycles. The number of carbonyl (C=O) groups is 1. The summed E-state index contributed by atoms with van der Waals surface area (Å²) in [6.07, 6.45) is 66.6. The highest BCUT2D eigenvalue weighted by Gasteiger charge is 2.03. The summed E-state index contributed by atoms with van der Waals surface area (Å²) in [6, 6.07) is 0. The van der Waals surface area contributed by atoms with Crippen LogP contribution in [0.3, 0.4) is 0 Å². The molecule has 0 aromatic carbocycles. The van der Waals surface area contributed by atoms with E-state index in [1.54, 1.807) is 0 Å². The molecule has 0 aromatic heterocycles. The summed E-state index contributed by atoms with van der Waals surface area (Å²) < 4.78 is 5.46. The van der Waals surface area contributed by atoms with Gasteiger partial charge in [-0.2, -0.15) is 0 Å². The molecule has 0 saturated heterocycles. The average molecular weight is 773 g/mol. The Morgan fingerprint density at radius 3 is 0.964 bits per heavy atom. The van der Waals surface area contributed by atoms with Crippen LogP contribution in [0.2, 0.25) is 0 Å². The predicted molar refractivity (Wildman–Crippen MR) is 248 cm³/mol. The van der Waals surface area contributed by atoms with Crippen LogP contribution in [-0.2, 0) is 9.53 Å². The van der Waals surface area contributed by atoms with Gasteiger partial charge in [-0.3, -0.25) is 4.79 Å². The van der Waals surface area contributed by atoms with Crippen LogP contribution in [0, 0.1) is 5.92 Å². The molecule has 0 fully saturated rings. The molecular weight excluding hydrogens is 669 g/mol. The summed E-state index contributed by atoms with van der Waals surface area (Å²) in [5, 5.41) is 0. The summed E-state index contributed by atoms with van der Waals surface area (Å²) in [6.45, 7) is 7.57. The van der Waals surface area contributed by atoms with Gasteiger partial charge in [-0.15, -0.1) is 0 Å². The molecule has 0 rings (SSSR count). The van der Waals surface area contributed by atoms with E-state index >= 15 is 0 Å². The lowest BCUT2D eigenvalue weighted by atomic mass is 10.0. The van der Waals surface area contributed by atoms with Crippen molar-refractivity contribution in [3.05, 3.63) is 12.2 Å². The van der Waals surface area contributed by atoms with Crippen LogP contribution in [0.15, 0.2) is 12.2 Å². The quantitative estimate of drug-likeness (QED) is 0.0350. The Balaban J connectivity index is 3.13. The fraction of sp³-hybridized carbons (Fsp3) is 0.943. The van der Waals surface area contributed by atoms with E-state index < -0.39 is 0 Å². The first-order chi connectivity index (χ1) is 27.2. The normalized spacial score (nSPS) is 11.8. The Kier molecular flexibility index (Phi) is 48.6. The standard InChI is InChI=1S/C53H104O2/c1-4-5-6-7-8-9-34-38-41-44-47-50-53(54)55-51-48-45-42-39-36-33-31-29-27-25-23-21-19-17-15-13-11-10-12-14-16-18-20-22-24-26-28-30-32-35-37-40-43-46-49-52(2)3/h7-8,52H,4-6,9-51H2,1-3H3/b8-7-. The van der Waals surface area contributed by atoms with Crippen LogP contribution < -0.4 is 0 Å². The summed E-state index contributed by atoms with van der Waals surface area (Å²) in [5.41, 5.74) is 0. The van der Waals surface area contributed by atoms with E-state index in [9.17, 15) is 4.79 Å². The third-order valence-electron chi connectivity index (χ3n) is 12.1. The molecular formula is C53H104O2. The predicted octanol–water partition coefficient (Wildman–Crippen LogP) is 19.3. The fourth-order valence-electron chi connectivity index (χ4n) is 8.19. The maximum absolute atomic E-state index is 12.0. The lowest BCUT2D eigenvalue weighted by molar-refractivity contribution is -0.143. The molecule has 0 aliphatic rings. The minimum atomic E-state index is 0.0186. The van der Waals surface area contributed by atoms with Crippen molar-refractivity contribution < 1.29 is 9.53 Å². The minimum absolute atomic E-state index is 0.0186. The van der Waals surface area contributed by atoms with Gasteiger partial charge in [0.2, 0.25) is 0 Å². The first kappa shape index (κ1) is 54.2. The highest BCUT2D eigenvalue weighted by molar-refractivity contribution is 5.69. The summed E-state index contributed by atoms with van der Waals surface area (Å²) in [7, 11) is 0. The molecule has 0 radical (unpaired) electrons. The average Bonchev–Trinajstić information content (AvgIpc) is 3.18. The van der Waals surface area contributed by atoms with Crippen LogP contribution in [-0.4, -0.2) is 12.6 Å². The number of esters is 1. The first-order valence-electron chi connectivity index (χ1n) is 26.0. The van der Waals surface area contributed by atoms with Crippen molar-refractivity contribution in [1.29, 1.82) is 0 Å². The van der Waals surface area contributed by atoms with Gasteiger partial charge in [-0.1, -0.05) is 283 Å². The van der Waals surface area contributed by atoms with Gasteiger partial charge < -0.3 is 4.74 Å². The number of hydrogen-bond donors (Lipinski definition) is 0. The maximum Gasteiger partial charge on any atom is 0.305 e. The SMILES string of the molecule is CCCC/C=C\CCCCCCCC(=O)OCCCCCCCCCCCCCCCCCCCCCCCCCCCCCCCCCCCCC(C)C. The molecule has 0 aromatic rings. The Hall–Kier alpha value is -0.790. The largest absolute Gasteiger partial charge is 0.466 e. The molecule has 0 atom stereocenters. The molecule has 0 saturated carbocycles. The van der Waals surface area contributed by atoms with Gasteiger partial charge in [0.05, 0.1) is 6.61 Å². The third kappa shape index (κ3) is 51.2. The van der Waals surface area contributed by atoms with E-state index in [2.05, 4.69) is 32.9 Å². The number of allylic oxidation sites excluding steroid dienone is 2. The van der Waals surface area contributed by atoms with E-state index in [4.69, 9.17) is 4.74 Å². The van der Waals surface area contributed by atoms with Crippen LogP contribution in [0.25, 0.3) is 0 Å². The lowest BCUT2D eigenvalue weighted by Gasteiger charge is -2.06. The molecule has 328 valence electrons. The minimum Gasteiger partial charge on any atom is -0.466 e. The number of rotatable bonds is 48. The van der Waals surface area contributed by atoms with Crippen molar-refractivity contribution in [1.82, 2.24) is 0 Å². The molecule has 0 N–H and O–H groups in total. The fourth-order valence-corrected chi connectivity index (χ4v) is 8.19. The van der Waals surface area contributed by atoms with Crippen molar-refractivity contribution in [2.24, 2.45) is 5.92 Å². The van der Waals surface area contributed by atoms with Gasteiger partial charge in [0.1, 0.15) is 0 Å². The lowest BCUT2D eigenvalue weighted by Crippen LogP contribution is -2.05. The molecule has 0 spiro atoms. The third-order valence-corrected chi connectivity index (χ3v) is 12.1. The zero-order chi connectivity index (χ0) is 39.8. The summed E-state index contributed by atoms with van der Waals surface area (Å²) in [4.78, 5) is 12.0. The van der Waals surface area contributed by atoms with Gasteiger partial charge in [-0.05, 0) is 38.0 Å². The second kappa shape index (κ2) is 49.4. The van der Waals surface area contributed by atoms with Gasteiger partial charge in [-0.25, -0.2) is 0 Å². The second-order valence-electron chi connectivity index (χ2n) is 18.3. The van der Waals surface area contributed by atoms with Crippen molar-refractivity contribution in [2.45, 2.75) is 310 Å². The van der Waals surface area contributed by atoms with E-state index in [0.29, 0.717) is 13.0 Å². The monoisotopic (exact) mass is 773 g/mol. The first-order valence-corrected chi connectivity index (χ1v) is 26.0. The van der Waals surface area contributed by atoms with Crippen molar-refractivity contribution in [3.8, 4) is 0 Å². The molecule has 2 nitrogen and oxygen atoms in total. The van der Waals surface area contributed by atoms with Gasteiger partial charge in [0.25, 0.3) is 0 Å². The van der Waals surface area contributed by atoms with Crippen LogP contribution >= 0.6 is 0 Å². The molecule has 0 bridgehead atoms. The molecule has 0 amide bonds. The van der Waals surface area contributed by atoms with Crippen molar-refractivity contribution in [2.75, 3.05) is 6.61 Å². The zero-order valence-electron chi connectivity index (χ0n) is 38.6. The highest BCUT2D eigenvalue weighted by Crippen LogP contribution is 2.18. The van der Waals surface area contributed by atoms with Crippen molar-refractivity contribution in [3.63, 3.8) is 0 Å². The highest BCUT2D eigenvalue weighted by atomic mass is 16.5. The smallest absolute Gasteiger partial charge is 0.305 e. The van der Waals surface area contributed by atoms with E-state index in [0.717, 1.165) is 25.2 Å². The van der Waals surface area contributed by atoms with Gasteiger partial charge in [0.15, 0.2) is 0 Å². The van der Waals surface area contributed by atoms with E-state index in [-0.39, 0.29) is 5.97 Å². The molecule has 55 heavy (non-hydrogen) atoms. The molecule has 0 unspecified atom stereocenters. The Morgan fingerprint density at radius 2 is 0.636 bits per heavy atom. The van der Waals surface area contributed by atoms with E-state index in [1.807, 2.05) is 0 Å². The van der Waals surface area contributed by atoms with Crippen LogP contribution in [0.4, 0.5) is 0 Å². The van der Waals surface area contributed by atoms with E-state index in [1.165, 1.54) is 263 Å². The number of carbonyl (C=O) groups excluding carboxylic acids is 1.